The molecule has 8 heteroatoms. The zero-order valence-electron chi connectivity index (χ0n) is 15.2. The third kappa shape index (κ3) is 3.06. The van der Waals surface area contributed by atoms with Gasteiger partial charge >= 0.3 is 0 Å². The number of nitrogens with zero attached hydrogens (tertiary/aromatic N) is 4. The van der Waals surface area contributed by atoms with Crippen molar-refractivity contribution in [2.45, 2.75) is 32.4 Å². The van der Waals surface area contributed by atoms with E-state index in [1.54, 1.807) is 39.9 Å². The van der Waals surface area contributed by atoms with Gasteiger partial charge in [0.1, 0.15) is 11.5 Å². The topological polar surface area (TPSA) is 51.0 Å². The van der Waals surface area contributed by atoms with Crippen LogP contribution in [0.25, 0.3) is 5.69 Å². The fraction of sp³-hybridized carbons (Fsp3) is 0.250. The molecule has 0 saturated heterocycles. The summed E-state index contributed by atoms with van der Waals surface area (Å²) in [5.74, 6) is -0.510. The lowest BCUT2D eigenvalue weighted by molar-refractivity contribution is 0.0573. The maximum atomic E-state index is 13.2. The number of aromatic nitrogens is 3. The summed E-state index contributed by atoms with van der Waals surface area (Å²) in [6, 6.07) is 10.7. The van der Waals surface area contributed by atoms with E-state index in [0.29, 0.717) is 22.7 Å². The predicted molar refractivity (Wildman–Crippen MR) is 106 cm³/mol. The summed E-state index contributed by atoms with van der Waals surface area (Å²) < 4.78 is 14.9. The van der Waals surface area contributed by atoms with Crippen molar-refractivity contribution in [2.75, 3.05) is 0 Å². The molecular weight excluding hydrogens is 402 g/mol. The Morgan fingerprint density at radius 2 is 1.86 bits per heavy atom. The first kappa shape index (κ1) is 18.9. The number of rotatable bonds is 2. The highest BCUT2D eigenvalue weighted by molar-refractivity contribution is 6.43. The van der Waals surface area contributed by atoms with Gasteiger partial charge in [-0.2, -0.15) is 0 Å². The molecular formula is C20H17Cl2FN4O. The molecule has 2 aromatic carbocycles. The minimum absolute atomic E-state index is 0.109. The molecule has 0 bridgehead atoms. The van der Waals surface area contributed by atoms with Gasteiger partial charge in [-0.1, -0.05) is 34.5 Å². The summed E-state index contributed by atoms with van der Waals surface area (Å²) in [4.78, 5) is 15.0. The second-order valence-electron chi connectivity index (χ2n) is 6.85. The van der Waals surface area contributed by atoms with Crippen molar-refractivity contribution in [3.8, 4) is 5.69 Å². The van der Waals surface area contributed by atoms with E-state index in [9.17, 15) is 9.18 Å². The number of carbonyl (C=O) groups is 1. The average molecular weight is 419 g/mol. The zero-order chi connectivity index (χ0) is 20.0. The minimum atomic E-state index is -0.311. The maximum absolute atomic E-state index is 13.2. The molecule has 0 fully saturated rings. The quantitative estimate of drug-likeness (QED) is 0.596. The molecule has 0 radical (unpaired) electrons. The normalized spacial score (nSPS) is 18.8. The lowest BCUT2D eigenvalue weighted by atomic mass is 9.96. The molecule has 0 saturated carbocycles. The van der Waals surface area contributed by atoms with Crippen LogP contribution in [0.2, 0.25) is 10.0 Å². The molecule has 144 valence electrons. The second kappa shape index (κ2) is 7.18. The molecule has 4 rings (SSSR count). The summed E-state index contributed by atoms with van der Waals surface area (Å²) in [6.07, 6.45) is 0.563. The molecule has 1 aliphatic heterocycles. The first-order valence-corrected chi connectivity index (χ1v) is 9.61. The smallest absolute Gasteiger partial charge is 0.256 e. The van der Waals surface area contributed by atoms with Gasteiger partial charge in [0.05, 0.1) is 33.0 Å². The number of hydrogen-bond donors (Lipinski definition) is 0. The highest BCUT2D eigenvalue weighted by atomic mass is 35.5. The fourth-order valence-corrected chi connectivity index (χ4v) is 4.08. The summed E-state index contributed by atoms with van der Waals surface area (Å²) in [6.45, 7) is 3.88. The van der Waals surface area contributed by atoms with Crippen LogP contribution in [0.15, 0.2) is 42.5 Å². The fourth-order valence-electron chi connectivity index (χ4n) is 3.69. The van der Waals surface area contributed by atoms with E-state index in [1.165, 1.54) is 12.1 Å². The number of halogens is 3. The van der Waals surface area contributed by atoms with Gasteiger partial charge in [0.25, 0.3) is 5.91 Å². The molecule has 0 spiro atoms. The number of carbonyl (C=O) groups excluding carboxylic acids is 1. The Labute approximate surface area is 171 Å². The third-order valence-electron chi connectivity index (χ3n) is 5.06. The first-order chi connectivity index (χ1) is 13.4. The molecule has 2 unspecified atom stereocenters. The van der Waals surface area contributed by atoms with Crippen molar-refractivity contribution in [3.63, 3.8) is 0 Å². The van der Waals surface area contributed by atoms with Crippen molar-refractivity contribution in [3.05, 3.63) is 75.3 Å². The van der Waals surface area contributed by atoms with E-state index < -0.39 is 0 Å². The van der Waals surface area contributed by atoms with Gasteiger partial charge in [0, 0.05) is 12.5 Å². The van der Waals surface area contributed by atoms with Gasteiger partial charge in [0.2, 0.25) is 0 Å². The molecule has 2 atom stereocenters. The van der Waals surface area contributed by atoms with Crippen molar-refractivity contribution >= 4 is 29.1 Å². The van der Waals surface area contributed by atoms with E-state index in [-0.39, 0.29) is 28.8 Å². The minimum Gasteiger partial charge on any atom is -0.327 e. The zero-order valence-corrected chi connectivity index (χ0v) is 16.7. The number of amides is 1. The highest BCUT2D eigenvalue weighted by Crippen LogP contribution is 2.35. The van der Waals surface area contributed by atoms with Crippen molar-refractivity contribution in [1.82, 2.24) is 19.9 Å². The van der Waals surface area contributed by atoms with Crippen LogP contribution in [0.4, 0.5) is 4.39 Å². The summed E-state index contributed by atoms with van der Waals surface area (Å²) >= 11 is 12.3. The monoisotopic (exact) mass is 418 g/mol. The molecule has 0 N–H and O–H groups in total. The number of fused-ring (bicyclic) bond motifs is 1. The SMILES string of the molecule is CC1Cc2c(nnn2-c2ccc(F)cc2)C(C)N1C(=O)c1cccc(Cl)c1Cl. The second-order valence-corrected chi connectivity index (χ2v) is 7.64. The van der Waals surface area contributed by atoms with E-state index >= 15 is 0 Å². The van der Waals surface area contributed by atoms with Crippen LogP contribution in [0.1, 0.15) is 41.6 Å². The van der Waals surface area contributed by atoms with Crippen LogP contribution in [-0.4, -0.2) is 31.8 Å². The molecule has 1 aliphatic rings. The first-order valence-electron chi connectivity index (χ1n) is 8.85. The molecule has 1 aromatic heterocycles. The molecule has 5 nitrogen and oxygen atoms in total. The Hall–Kier alpha value is -2.44. The van der Waals surface area contributed by atoms with E-state index in [1.807, 2.05) is 13.8 Å². The molecule has 28 heavy (non-hydrogen) atoms. The van der Waals surface area contributed by atoms with Gasteiger partial charge in [-0.25, -0.2) is 9.07 Å². The van der Waals surface area contributed by atoms with Crippen LogP contribution in [-0.2, 0) is 6.42 Å². The average Bonchev–Trinajstić information content (AvgIpc) is 3.08. The molecule has 2 heterocycles. The Morgan fingerprint density at radius 1 is 1.14 bits per heavy atom. The van der Waals surface area contributed by atoms with Gasteiger partial charge < -0.3 is 4.90 Å². The van der Waals surface area contributed by atoms with Crippen LogP contribution in [0.5, 0.6) is 0 Å². The lowest BCUT2D eigenvalue weighted by Gasteiger charge is -2.38. The van der Waals surface area contributed by atoms with E-state index in [2.05, 4.69) is 10.3 Å². The van der Waals surface area contributed by atoms with Crippen molar-refractivity contribution in [1.29, 1.82) is 0 Å². The van der Waals surface area contributed by atoms with Gasteiger partial charge in [0.15, 0.2) is 0 Å². The van der Waals surface area contributed by atoms with Crippen molar-refractivity contribution in [2.24, 2.45) is 0 Å². The van der Waals surface area contributed by atoms with Gasteiger partial charge in [-0.15, -0.1) is 5.10 Å². The molecule has 0 aliphatic carbocycles. The number of benzene rings is 2. The third-order valence-corrected chi connectivity index (χ3v) is 5.88. The van der Waals surface area contributed by atoms with E-state index in [4.69, 9.17) is 23.2 Å². The summed E-state index contributed by atoms with van der Waals surface area (Å²) in [5.41, 5.74) is 2.72. The highest BCUT2D eigenvalue weighted by Gasteiger charge is 2.37. The maximum Gasteiger partial charge on any atom is 0.256 e. The van der Waals surface area contributed by atoms with Crippen LogP contribution in [0.3, 0.4) is 0 Å². The lowest BCUT2D eigenvalue weighted by Crippen LogP contribution is -2.45. The standard InChI is InChI=1S/C20H17Cl2FN4O/c1-11-10-17-19(24-25-27(17)14-8-6-13(23)7-9-14)12(2)26(11)20(28)15-4-3-5-16(21)18(15)22/h3-9,11-12H,10H2,1-2H3. The van der Waals surface area contributed by atoms with Crippen molar-refractivity contribution < 1.29 is 9.18 Å². The molecule has 1 amide bonds. The Kier molecular flexibility index (Phi) is 4.85. The Bertz CT molecular complexity index is 1050. The summed E-state index contributed by atoms with van der Waals surface area (Å²) in [7, 11) is 0. The number of hydrogen-bond acceptors (Lipinski definition) is 3. The van der Waals surface area contributed by atoms with E-state index in [0.717, 1.165) is 11.4 Å². The van der Waals surface area contributed by atoms with Gasteiger partial charge in [-0.05, 0) is 50.2 Å². The summed E-state index contributed by atoms with van der Waals surface area (Å²) in [5, 5.41) is 9.13. The Morgan fingerprint density at radius 3 is 2.57 bits per heavy atom. The van der Waals surface area contributed by atoms with Crippen LogP contribution in [0, 0.1) is 5.82 Å². The Balaban J connectivity index is 1.71. The van der Waals surface area contributed by atoms with Crippen LogP contribution < -0.4 is 0 Å². The molecule has 3 aromatic rings. The van der Waals surface area contributed by atoms with Crippen LogP contribution >= 0.6 is 23.2 Å². The van der Waals surface area contributed by atoms with Gasteiger partial charge in [-0.3, -0.25) is 4.79 Å². The predicted octanol–water partition coefficient (Wildman–Crippen LogP) is 4.86. The largest absolute Gasteiger partial charge is 0.327 e.